The van der Waals surface area contributed by atoms with Gasteiger partial charge in [-0.3, -0.25) is 4.98 Å². The molecule has 0 N–H and O–H groups in total. The second-order valence-corrected chi connectivity index (χ2v) is 4.72. The first kappa shape index (κ1) is 10.5. The number of aromatic nitrogens is 1. The van der Waals surface area contributed by atoms with Gasteiger partial charge in [-0.05, 0) is 48.9 Å². The van der Waals surface area contributed by atoms with Crippen LogP contribution in [0.3, 0.4) is 0 Å². The minimum atomic E-state index is -0.171. The average molecular weight is 227 g/mol. The first-order valence-electron chi connectivity index (χ1n) is 5.96. The molecule has 1 aliphatic rings. The van der Waals surface area contributed by atoms with Crippen LogP contribution < -0.4 is 0 Å². The van der Waals surface area contributed by atoms with Crippen molar-refractivity contribution in [1.82, 2.24) is 4.98 Å². The number of hydrogen-bond acceptors (Lipinski definition) is 1. The van der Waals surface area contributed by atoms with Crippen molar-refractivity contribution in [3.05, 3.63) is 53.5 Å². The largest absolute Gasteiger partial charge is 0.256 e. The van der Waals surface area contributed by atoms with E-state index in [1.807, 2.05) is 18.3 Å². The van der Waals surface area contributed by atoms with E-state index in [1.165, 1.54) is 18.4 Å². The monoisotopic (exact) mass is 227 g/mol. The molecule has 86 valence electrons. The first-order valence-corrected chi connectivity index (χ1v) is 5.96. The van der Waals surface area contributed by atoms with Crippen LogP contribution in [0.1, 0.15) is 29.9 Å². The van der Waals surface area contributed by atoms with Crippen molar-refractivity contribution in [2.75, 3.05) is 0 Å². The molecular weight excluding hydrogens is 213 g/mol. The number of pyridine rings is 1. The van der Waals surface area contributed by atoms with Gasteiger partial charge in [0.15, 0.2) is 0 Å². The van der Waals surface area contributed by atoms with Crippen LogP contribution in [0.2, 0.25) is 0 Å². The first-order chi connectivity index (χ1) is 8.24. The Morgan fingerprint density at radius 3 is 2.59 bits per heavy atom. The van der Waals surface area contributed by atoms with Gasteiger partial charge in [0.2, 0.25) is 0 Å². The van der Waals surface area contributed by atoms with Gasteiger partial charge in [-0.2, -0.15) is 0 Å². The van der Waals surface area contributed by atoms with E-state index in [9.17, 15) is 4.39 Å². The third-order valence-electron chi connectivity index (χ3n) is 3.30. The molecule has 1 nitrogen and oxygen atoms in total. The van der Waals surface area contributed by atoms with Gasteiger partial charge in [0, 0.05) is 11.8 Å². The third-order valence-corrected chi connectivity index (χ3v) is 3.30. The van der Waals surface area contributed by atoms with Crippen LogP contribution in [-0.2, 0) is 0 Å². The number of aryl methyl sites for hydroxylation is 1. The minimum Gasteiger partial charge on any atom is -0.256 e. The minimum absolute atomic E-state index is 0.171. The highest BCUT2D eigenvalue weighted by Gasteiger charge is 2.23. The van der Waals surface area contributed by atoms with Crippen molar-refractivity contribution in [2.24, 2.45) is 0 Å². The van der Waals surface area contributed by atoms with Gasteiger partial charge in [-0.25, -0.2) is 4.39 Å². The fourth-order valence-electron chi connectivity index (χ4n) is 1.99. The molecule has 0 unspecified atom stereocenters. The zero-order chi connectivity index (χ0) is 11.8. The van der Waals surface area contributed by atoms with Crippen LogP contribution in [0.15, 0.2) is 36.5 Å². The van der Waals surface area contributed by atoms with E-state index in [0.29, 0.717) is 11.5 Å². The van der Waals surface area contributed by atoms with Crippen LogP contribution in [0, 0.1) is 12.7 Å². The molecule has 0 spiro atoms. The molecule has 1 heterocycles. The molecule has 0 bridgehead atoms. The normalized spacial score (nSPS) is 14.9. The summed E-state index contributed by atoms with van der Waals surface area (Å²) in [5.74, 6) is 0.543. The molecule has 1 aromatic carbocycles. The summed E-state index contributed by atoms with van der Waals surface area (Å²) >= 11 is 0. The molecule has 0 radical (unpaired) electrons. The molecule has 3 rings (SSSR count). The predicted octanol–water partition coefficient (Wildman–Crippen LogP) is 4.07. The lowest BCUT2D eigenvalue weighted by Gasteiger charge is -2.04. The average Bonchev–Trinajstić information content (AvgIpc) is 3.17. The van der Waals surface area contributed by atoms with E-state index in [-0.39, 0.29) is 5.82 Å². The number of rotatable bonds is 2. The number of halogens is 1. The molecule has 0 saturated heterocycles. The topological polar surface area (TPSA) is 12.9 Å². The molecule has 1 aliphatic carbocycles. The highest BCUT2D eigenvalue weighted by atomic mass is 19.1. The maximum Gasteiger partial charge on any atom is 0.126 e. The zero-order valence-corrected chi connectivity index (χ0v) is 9.78. The number of benzene rings is 1. The van der Waals surface area contributed by atoms with Crippen LogP contribution >= 0.6 is 0 Å². The fraction of sp³-hybridized carbons (Fsp3) is 0.267. The lowest BCUT2D eigenvalue weighted by molar-refractivity contribution is 0.619. The lowest BCUT2D eigenvalue weighted by Crippen LogP contribution is -1.88. The lowest BCUT2D eigenvalue weighted by atomic mass is 10.1. The smallest absolute Gasteiger partial charge is 0.126 e. The molecule has 1 aromatic heterocycles. The van der Waals surface area contributed by atoms with E-state index >= 15 is 0 Å². The van der Waals surface area contributed by atoms with E-state index in [2.05, 4.69) is 11.1 Å². The third kappa shape index (κ3) is 2.07. The van der Waals surface area contributed by atoms with Crippen LogP contribution in [-0.4, -0.2) is 4.98 Å². The Bertz CT molecular complexity index is 541. The standard InChI is InChI=1S/C15H14FN/c1-10-2-3-12(8-14(10)16)15-7-6-13(9-17-15)11-4-5-11/h2-3,6-9,11H,4-5H2,1H3. The Morgan fingerprint density at radius 2 is 2.00 bits per heavy atom. The van der Waals surface area contributed by atoms with Gasteiger partial charge in [0.05, 0.1) is 5.69 Å². The molecule has 1 fully saturated rings. The molecule has 1 saturated carbocycles. The SMILES string of the molecule is Cc1ccc(-c2ccc(C3CC3)cn2)cc1F. The molecule has 2 heteroatoms. The van der Waals surface area contributed by atoms with Gasteiger partial charge >= 0.3 is 0 Å². The number of nitrogens with zero attached hydrogens (tertiary/aromatic N) is 1. The second kappa shape index (κ2) is 3.95. The number of hydrogen-bond donors (Lipinski definition) is 0. The second-order valence-electron chi connectivity index (χ2n) is 4.72. The predicted molar refractivity (Wildman–Crippen MR) is 66.3 cm³/mol. The molecular formula is C15H14FN. The highest BCUT2D eigenvalue weighted by Crippen LogP contribution is 2.39. The van der Waals surface area contributed by atoms with Crippen molar-refractivity contribution >= 4 is 0 Å². The van der Waals surface area contributed by atoms with Gasteiger partial charge in [-0.1, -0.05) is 18.2 Å². The maximum absolute atomic E-state index is 13.5. The Hall–Kier alpha value is -1.70. The van der Waals surface area contributed by atoms with E-state index in [4.69, 9.17) is 0 Å². The van der Waals surface area contributed by atoms with Crippen molar-refractivity contribution in [3.8, 4) is 11.3 Å². The Morgan fingerprint density at radius 1 is 1.18 bits per heavy atom. The van der Waals surface area contributed by atoms with Gasteiger partial charge < -0.3 is 0 Å². The Labute approximate surface area is 100 Å². The summed E-state index contributed by atoms with van der Waals surface area (Å²) in [6.45, 7) is 1.77. The molecule has 0 amide bonds. The summed E-state index contributed by atoms with van der Waals surface area (Å²) in [4.78, 5) is 4.41. The van der Waals surface area contributed by atoms with E-state index in [0.717, 1.165) is 11.3 Å². The van der Waals surface area contributed by atoms with E-state index in [1.54, 1.807) is 19.1 Å². The summed E-state index contributed by atoms with van der Waals surface area (Å²) in [5.41, 5.74) is 3.66. The Kier molecular flexibility index (Phi) is 2.43. The Balaban J connectivity index is 1.94. The van der Waals surface area contributed by atoms with Crippen molar-refractivity contribution < 1.29 is 4.39 Å². The van der Waals surface area contributed by atoms with E-state index < -0.39 is 0 Å². The van der Waals surface area contributed by atoms with Gasteiger partial charge in [0.25, 0.3) is 0 Å². The summed E-state index contributed by atoms with van der Waals surface area (Å²) < 4.78 is 13.5. The summed E-state index contributed by atoms with van der Waals surface area (Å²) in [6, 6.07) is 9.35. The molecule has 17 heavy (non-hydrogen) atoms. The fourth-order valence-corrected chi connectivity index (χ4v) is 1.99. The summed E-state index contributed by atoms with van der Waals surface area (Å²) in [6.07, 6.45) is 4.48. The van der Waals surface area contributed by atoms with Crippen molar-refractivity contribution in [1.29, 1.82) is 0 Å². The van der Waals surface area contributed by atoms with Crippen LogP contribution in [0.5, 0.6) is 0 Å². The summed E-state index contributed by atoms with van der Waals surface area (Å²) in [7, 11) is 0. The highest BCUT2D eigenvalue weighted by molar-refractivity contribution is 5.59. The van der Waals surface area contributed by atoms with Gasteiger partial charge in [-0.15, -0.1) is 0 Å². The van der Waals surface area contributed by atoms with Gasteiger partial charge in [0.1, 0.15) is 5.82 Å². The van der Waals surface area contributed by atoms with Crippen molar-refractivity contribution in [2.45, 2.75) is 25.7 Å². The molecule has 2 aromatic rings. The zero-order valence-electron chi connectivity index (χ0n) is 9.78. The molecule has 0 atom stereocenters. The quantitative estimate of drug-likeness (QED) is 0.753. The van der Waals surface area contributed by atoms with Crippen molar-refractivity contribution in [3.63, 3.8) is 0 Å². The van der Waals surface area contributed by atoms with Crippen LogP contribution in [0.4, 0.5) is 4.39 Å². The van der Waals surface area contributed by atoms with Crippen LogP contribution in [0.25, 0.3) is 11.3 Å². The summed E-state index contributed by atoms with van der Waals surface area (Å²) in [5, 5.41) is 0. The maximum atomic E-state index is 13.5. The molecule has 0 aliphatic heterocycles.